The van der Waals surface area contributed by atoms with Gasteiger partial charge in [0.2, 0.25) is 5.91 Å². The molecule has 0 radical (unpaired) electrons. The van der Waals surface area contributed by atoms with E-state index in [4.69, 9.17) is 9.47 Å². The first-order valence-electron chi connectivity index (χ1n) is 11.2. The highest BCUT2D eigenvalue weighted by molar-refractivity contribution is 5.76. The highest BCUT2D eigenvalue weighted by Gasteiger charge is 2.20. The maximum absolute atomic E-state index is 12.1. The Labute approximate surface area is 162 Å². The van der Waals surface area contributed by atoms with Gasteiger partial charge in [-0.1, -0.05) is 71.1 Å². The summed E-state index contributed by atoms with van der Waals surface area (Å²) < 4.78 is 11.3. The van der Waals surface area contributed by atoms with Gasteiger partial charge in [-0.25, -0.2) is 0 Å². The zero-order valence-electron chi connectivity index (χ0n) is 17.5. The van der Waals surface area contributed by atoms with E-state index in [1.807, 2.05) is 4.90 Å². The van der Waals surface area contributed by atoms with E-state index in [0.717, 1.165) is 38.8 Å². The molecule has 1 saturated heterocycles. The van der Waals surface area contributed by atoms with Crippen LogP contribution in [0.2, 0.25) is 0 Å². The van der Waals surface area contributed by atoms with Crippen molar-refractivity contribution in [2.24, 2.45) is 0 Å². The average Bonchev–Trinajstić information content (AvgIpc) is 2.85. The minimum Gasteiger partial charge on any atom is -0.379 e. The number of hydrogen-bond donors (Lipinski definition) is 0. The number of ether oxygens (including phenoxy) is 2. The van der Waals surface area contributed by atoms with Gasteiger partial charge in [-0.3, -0.25) is 4.79 Å². The molecular weight excluding hydrogens is 326 g/mol. The lowest BCUT2D eigenvalue weighted by Gasteiger charge is -2.25. The van der Waals surface area contributed by atoms with Crippen LogP contribution in [0.3, 0.4) is 0 Å². The van der Waals surface area contributed by atoms with Crippen molar-refractivity contribution in [1.29, 1.82) is 0 Å². The molecular formula is C22H43NO3. The van der Waals surface area contributed by atoms with E-state index in [1.165, 1.54) is 57.8 Å². The summed E-state index contributed by atoms with van der Waals surface area (Å²) in [6, 6.07) is 0. The van der Waals surface area contributed by atoms with Crippen LogP contribution in [0.5, 0.6) is 0 Å². The molecule has 0 aromatic carbocycles. The van der Waals surface area contributed by atoms with Gasteiger partial charge >= 0.3 is 0 Å². The van der Waals surface area contributed by atoms with E-state index in [2.05, 4.69) is 6.92 Å². The Balaban J connectivity index is 1.96. The minimum absolute atomic E-state index is 0.000158. The second-order valence-electron chi connectivity index (χ2n) is 7.77. The Kier molecular flexibility index (Phi) is 14.9. The summed E-state index contributed by atoms with van der Waals surface area (Å²) in [5.74, 6) is 0.277. The lowest BCUT2D eigenvalue weighted by molar-refractivity contribution is -0.133. The van der Waals surface area contributed by atoms with Crippen molar-refractivity contribution in [3.05, 3.63) is 0 Å². The topological polar surface area (TPSA) is 38.8 Å². The summed E-state index contributed by atoms with van der Waals surface area (Å²) in [6.07, 6.45) is 17.4. The molecule has 1 fully saturated rings. The van der Waals surface area contributed by atoms with E-state index >= 15 is 0 Å². The minimum atomic E-state index is 0.000158. The Morgan fingerprint density at radius 2 is 1.58 bits per heavy atom. The van der Waals surface area contributed by atoms with Crippen LogP contribution in [0.1, 0.15) is 96.8 Å². The highest BCUT2D eigenvalue weighted by Crippen LogP contribution is 2.13. The first kappa shape index (κ1) is 23.4. The predicted molar refractivity (Wildman–Crippen MR) is 109 cm³/mol. The predicted octanol–water partition coefficient (Wildman–Crippen LogP) is 5.34. The van der Waals surface area contributed by atoms with Crippen LogP contribution in [0, 0.1) is 0 Å². The molecule has 1 amide bonds. The number of likely N-dealkylation sites (tertiary alicyclic amines) is 1. The molecule has 4 heteroatoms. The van der Waals surface area contributed by atoms with Gasteiger partial charge in [0.05, 0.1) is 12.7 Å². The molecule has 1 aliphatic heterocycles. The Morgan fingerprint density at radius 3 is 2.23 bits per heavy atom. The number of nitrogens with zero attached hydrogens (tertiary/aromatic N) is 1. The molecule has 0 aliphatic carbocycles. The third-order valence-electron chi connectivity index (χ3n) is 5.37. The average molecular weight is 370 g/mol. The molecule has 26 heavy (non-hydrogen) atoms. The van der Waals surface area contributed by atoms with Crippen LogP contribution in [0.15, 0.2) is 0 Å². The number of carbonyl (C=O) groups excluding carboxylic acids is 1. The van der Waals surface area contributed by atoms with Gasteiger partial charge in [0.1, 0.15) is 0 Å². The van der Waals surface area contributed by atoms with Crippen LogP contribution >= 0.6 is 0 Å². The van der Waals surface area contributed by atoms with Crippen LogP contribution < -0.4 is 0 Å². The molecule has 1 unspecified atom stereocenters. The van der Waals surface area contributed by atoms with Gasteiger partial charge in [-0.15, -0.1) is 0 Å². The van der Waals surface area contributed by atoms with Crippen molar-refractivity contribution in [2.45, 2.75) is 103 Å². The van der Waals surface area contributed by atoms with Crippen LogP contribution in [0.4, 0.5) is 0 Å². The molecule has 0 spiro atoms. The number of unbranched alkanes of at least 4 members (excludes halogenated alkanes) is 9. The quantitative estimate of drug-likeness (QED) is 0.345. The molecule has 0 saturated carbocycles. The molecule has 0 N–H and O–H groups in total. The SMILES string of the molecule is CCCCCCCCCCCCOCC(CN1CCCCCC1=O)OC. The number of amides is 1. The van der Waals surface area contributed by atoms with Crippen molar-refractivity contribution in [3.8, 4) is 0 Å². The van der Waals surface area contributed by atoms with Gasteiger partial charge < -0.3 is 14.4 Å². The van der Waals surface area contributed by atoms with E-state index in [9.17, 15) is 4.79 Å². The largest absolute Gasteiger partial charge is 0.379 e. The summed E-state index contributed by atoms with van der Waals surface area (Å²) in [4.78, 5) is 14.0. The van der Waals surface area contributed by atoms with Crippen LogP contribution in [0.25, 0.3) is 0 Å². The normalized spacial score (nSPS) is 16.7. The van der Waals surface area contributed by atoms with Crippen molar-refractivity contribution in [2.75, 3.05) is 33.4 Å². The third kappa shape index (κ3) is 11.9. The Morgan fingerprint density at radius 1 is 0.923 bits per heavy atom. The summed E-state index contributed by atoms with van der Waals surface area (Å²) in [6.45, 7) is 5.22. The molecule has 1 aliphatic rings. The molecule has 0 aromatic heterocycles. The first-order valence-corrected chi connectivity index (χ1v) is 11.2. The van der Waals surface area contributed by atoms with Crippen molar-refractivity contribution >= 4 is 5.91 Å². The monoisotopic (exact) mass is 369 g/mol. The number of carbonyl (C=O) groups is 1. The molecule has 1 rings (SSSR count). The zero-order chi connectivity index (χ0) is 18.9. The Hall–Kier alpha value is -0.610. The number of hydrogen-bond acceptors (Lipinski definition) is 3. The standard InChI is InChI=1S/C22H43NO3/c1-3-4-5-6-7-8-9-10-11-15-18-26-20-21(25-2)19-23-17-14-12-13-16-22(23)24/h21H,3-20H2,1-2H3. The van der Waals surface area contributed by atoms with Gasteiger partial charge in [-0.05, 0) is 19.3 Å². The fraction of sp³-hybridized carbons (Fsp3) is 0.955. The second-order valence-corrected chi connectivity index (χ2v) is 7.77. The van der Waals surface area contributed by atoms with Crippen LogP contribution in [-0.4, -0.2) is 50.3 Å². The fourth-order valence-corrected chi connectivity index (χ4v) is 3.58. The molecule has 154 valence electrons. The summed E-state index contributed by atoms with van der Waals surface area (Å²) in [7, 11) is 1.72. The van der Waals surface area contributed by atoms with Crippen molar-refractivity contribution < 1.29 is 14.3 Å². The van der Waals surface area contributed by atoms with Gasteiger partial charge in [0, 0.05) is 33.2 Å². The smallest absolute Gasteiger partial charge is 0.222 e. The van der Waals surface area contributed by atoms with Gasteiger partial charge in [-0.2, -0.15) is 0 Å². The van der Waals surface area contributed by atoms with E-state index < -0.39 is 0 Å². The van der Waals surface area contributed by atoms with E-state index in [-0.39, 0.29) is 12.0 Å². The number of rotatable bonds is 16. The molecule has 0 bridgehead atoms. The maximum atomic E-state index is 12.1. The lowest BCUT2D eigenvalue weighted by atomic mass is 10.1. The van der Waals surface area contributed by atoms with Gasteiger partial charge in [0.15, 0.2) is 0 Å². The zero-order valence-corrected chi connectivity index (χ0v) is 17.5. The molecule has 0 aromatic rings. The fourth-order valence-electron chi connectivity index (χ4n) is 3.58. The van der Waals surface area contributed by atoms with Crippen LogP contribution in [-0.2, 0) is 14.3 Å². The molecule has 4 nitrogen and oxygen atoms in total. The lowest BCUT2D eigenvalue weighted by Crippen LogP contribution is -2.39. The van der Waals surface area contributed by atoms with Crippen molar-refractivity contribution in [1.82, 2.24) is 4.90 Å². The third-order valence-corrected chi connectivity index (χ3v) is 5.37. The van der Waals surface area contributed by atoms with Gasteiger partial charge in [0.25, 0.3) is 0 Å². The maximum Gasteiger partial charge on any atom is 0.222 e. The summed E-state index contributed by atoms with van der Waals surface area (Å²) in [5.41, 5.74) is 0. The van der Waals surface area contributed by atoms with E-state index in [0.29, 0.717) is 19.6 Å². The highest BCUT2D eigenvalue weighted by atomic mass is 16.5. The van der Waals surface area contributed by atoms with Crippen molar-refractivity contribution in [3.63, 3.8) is 0 Å². The molecule has 1 atom stereocenters. The summed E-state index contributed by atoms with van der Waals surface area (Å²) >= 11 is 0. The first-order chi connectivity index (χ1) is 12.8. The van der Waals surface area contributed by atoms with E-state index in [1.54, 1.807) is 7.11 Å². The summed E-state index contributed by atoms with van der Waals surface area (Å²) in [5, 5.41) is 0. The Bertz CT molecular complexity index is 335. The number of methoxy groups -OCH3 is 1. The second kappa shape index (κ2) is 16.6. The molecule has 1 heterocycles.